The number of benzene rings is 1. The molecule has 1 atom stereocenters. The second-order valence-electron chi connectivity index (χ2n) is 8.22. The lowest BCUT2D eigenvalue weighted by atomic mass is 9.99. The average Bonchev–Trinajstić information content (AvgIpc) is 3.46. The van der Waals surface area contributed by atoms with E-state index >= 15 is 0 Å². The van der Waals surface area contributed by atoms with Crippen molar-refractivity contribution in [3.63, 3.8) is 0 Å². The molecule has 0 saturated heterocycles. The summed E-state index contributed by atoms with van der Waals surface area (Å²) in [7, 11) is 0. The number of anilines is 1. The molecule has 0 amide bonds. The maximum atomic E-state index is 10.8. The van der Waals surface area contributed by atoms with Gasteiger partial charge in [0.05, 0.1) is 31.1 Å². The van der Waals surface area contributed by atoms with E-state index in [-0.39, 0.29) is 12.6 Å². The first-order valence-corrected chi connectivity index (χ1v) is 11.0. The number of aromatic nitrogens is 6. The van der Waals surface area contributed by atoms with Gasteiger partial charge in [-0.25, -0.2) is 15.0 Å². The number of fused-ring (bicyclic) bond motifs is 1. The van der Waals surface area contributed by atoms with E-state index in [9.17, 15) is 5.11 Å². The molecule has 9 heteroatoms. The van der Waals surface area contributed by atoms with Crippen molar-refractivity contribution in [2.24, 2.45) is 0 Å². The Morgan fingerprint density at radius 2 is 1.97 bits per heavy atom. The van der Waals surface area contributed by atoms with Crippen molar-refractivity contribution in [3.05, 3.63) is 78.0 Å². The van der Waals surface area contributed by atoms with Crippen LogP contribution in [0, 0.1) is 6.92 Å². The van der Waals surface area contributed by atoms with E-state index in [0.29, 0.717) is 24.4 Å². The molecule has 5 rings (SSSR count). The smallest absolute Gasteiger partial charge is 0.220 e. The van der Waals surface area contributed by atoms with E-state index in [4.69, 9.17) is 10.8 Å². The third kappa shape index (κ3) is 4.26. The minimum absolute atomic E-state index is 0.0242. The zero-order chi connectivity index (χ0) is 23.7. The largest absolute Gasteiger partial charge is 0.394 e. The van der Waals surface area contributed by atoms with Crippen molar-refractivity contribution in [2.45, 2.75) is 26.0 Å². The number of nitrogens with two attached hydrogens (primary N) is 1. The fourth-order valence-electron chi connectivity index (χ4n) is 4.14. The first-order valence-electron chi connectivity index (χ1n) is 11.0. The highest BCUT2D eigenvalue weighted by Crippen LogP contribution is 2.31. The fourth-order valence-corrected chi connectivity index (χ4v) is 4.14. The molecule has 0 saturated carbocycles. The summed E-state index contributed by atoms with van der Waals surface area (Å²) in [5.74, 6) is 0.147. The molecule has 0 fully saturated rings. The Morgan fingerprint density at radius 1 is 1.12 bits per heavy atom. The molecule has 1 unspecified atom stereocenters. The lowest BCUT2D eigenvalue weighted by Crippen LogP contribution is -2.07. The molecule has 172 valence electrons. The molecule has 5 aromatic rings. The summed E-state index contributed by atoms with van der Waals surface area (Å²) in [6.07, 6.45) is 6.87. The zero-order valence-electron chi connectivity index (χ0n) is 18.7. The summed E-state index contributed by atoms with van der Waals surface area (Å²) in [5.41, 5.74) is 12.6. The lowest BCUT2D eigenvalue weighted by Gasteiger charge is -2.14. The van der Waals surface area contributed by atoms with Gasteiger partial charge in [-0.15, -0.1) is 0 Å². The van der Waals surface area contributed by atoms with Crippen LogP contribution in [0.5, 0.6) is 0 Å². The number of aromatic amines is 1. The predicted molar refractivity (Wildman–Crippen MR) is 130 cm³/mol. The quantitative estimate of drug-likeness (QED) is 0.296. The lowest BCUT2D eigenvalue weighted by molar-refractivity contribution is 0.176. The molecule has 0 radical (unpaired) electrons. The summed E-state index contributed by atoms with van der Waals surface area (Å²) in [4.78, 5) is 16.5. The fraction of sp³-hybridized carbons (Fsp3) is 0.200. The molecular formula is C25H25N7O2. The van der Waals surface area contributed by atoms with Crippen LogP contribution in [0.1, 0.15) is 22.9 Å². The Bertz CT molecular complexity index is 1460. The Balaban J connectivity index is 1.49. The minimum atomic E-state index is -0.699. The van der Waals surface area contributed by atoms with Gasteiger partial charge in [-0.1, -0.05) is 24.3 Å². The van der Waals surface area contributed by atoms with E-state index in [2.05, 4.69) is 25.0 Å². The van der Waals surface area contributed by atoms with Crippen LogP contribution >= 0.6 is 0 Å². The van der Waals surface area contributed by atoms with Crippen molar-refractivity contribution in [1.82, 2.24) is 29.7 Å². The van der Waals surface area contributed by atoms with Gasteiger partial charge < -0.3 is 20.9 Å². The second kappa shape index (κ2) is 9.05. The highest BCUT2D eigenvalue weighted by Gasteiger charge is 2.16. The number of H-pyrrole nitrogens is 1. The van der Waals surface area contributed by atoms with Gasteiger partial charge in [0.2, 0.25) is 5.95 Å². The average molecular weight is 456 g/mol. The molecule has 0 spiro atoms. The Morgan fingerprint density at radius 3 is 2.79 bits per heavy atom. The van der Waals surface area contributed by atoms with Crippen LogP contribution in [-0.2, 0) is 13.0 Å². The summed E-state index contributed by atoms with van der Waals surface area (Å²) >= 11 is 0. The highest BCUT2D eigenvalue weighted by atomic mass is 16.3. The van der Waals surface area contributed by atoms with Crippen LogP contribution in [0.15, 0.2) is 61.2 Å². The minimum Gasteiger partial charge on any atom is -0.394 e. The topological polar surface area (TPSA) is 139 Å². The van der Waals surface area contributed by atoms with E-state index < -0.39 is 6.10 Å². The molecule has 0 aliphatic carbocycles. The molecular weight excluding hydrogens is 430 g/mol. The van der Waals surface area contributed by atoms with Crippen LogP contribution in [0.3, 0.4) is 0 Å². The van der Waals surface area contributed by atoms with Crippen LogP contribution in [0.4, 0.5) is 5.95 Å². The van der Waals surface area contributed by atoms with Gasteiger partial charge in [-0.3, -0.25) is 4.68 Å². The Kier molecular flexibility index (Phi) is 5.79. The Labute approximate surface area is 196 Å². The van der Waals surface area contributed by atoms with Crippen molar-refractivity contribution in [3.8, 4) is 22.4 Å². The number of aliphatic hydroxyl groups is 2. The van der Waals surface area contributed by atoms with Crippen molar-refractivity contribution >= 4 is 17.0 Å². The first-order chi connectivity index (χ1) is 16.5. The maximum Gasteiger partial charge on any atom is 0.220 e. The maximum absolute atomic E-state index is 10.8. The number of nitrogens with zero attached hydrogens (tertiary/aromatic N) is 5. The first kappa shape index (κ1) is 21.7. The summed E-state index contributed by atoms with van der Waals surface area (Å²) < 4.78 is 1.69. The molecule has 4 aromatic heterocycles. The normalized spacial score (nSPS) is 12.3. The van der Waals surface area contributed by atoms with Crippen LogP contribution in [0.2, 0.25) is 0 Å². The number of nitrogens with one attached hydrogen (secondary N) is 1. The van der Waals surface area contributed by atoms with Crippen LogP contribution < -0.4 is 5.73 Å². The van der Waals surface area contributed by atoms with Gasteiger partial charge in [0, 0.05) is 52.8 Å². The third-order valence-electron chi connectivity index (χ3n) is 5.85. The standard InChI is InChI=1S/C25H25N7O2/c1-15-4-2-3-5-19(15)23(34)10-18-9-22(31-25(26)30-18)21-13-28-24-20(21)8-16(11-27-24)17-12-29-32(14-17)6-7-33/h2-5,8-9,11-14,23,33-34H,6-7,10H2,1H3,(H,27,28)(H2,26,30,31). The molecule has 9 nitrogen and oxygen atoms in total. The van der Waals surface area contributed by atoms with Gasteiger partial charge >= 0.3 is 0 Å². The molecule has 34 heavy (non-hydrogen) atoms. The molecule has 1 aromatic carbocycles. The summed E-state index contributed by atoms with van der Waals surface area (Å²) in [6.45, 7) is 2.43. The number of pyridine rings is 1. The molecule has 0 bridgehead atoms. The molecule has 0 aliphatic rings. The number of hydrogen-bond donors (Lipinski definition) is 4. The SMILES string of the molecule is Cc1ccccc1C(O)Cc1cc(-c2c[nH]c3ncc(-c4cnn(CCO)c4)cc23)nc(N)n1. The molecule has 0 aliphatic heterocycles. The molecule has 5 N–H and O–H groups in total. The number of aliphatic hydroxyl groups excluding tert-OH is 2. The number of hydrogen-bond acceptors (Lipinski definition) is 7. The van der Waals surface area contributed by atoms with Gasteiger partial charge in [0.15, 0.2) is 0 Å². The van der Waals surface area contributed by atoms with Crippen LogP contribution in [0.25, 0.3) is 33.4 Å². The summed E-state index contributed by atoms with van der Waals surface area (Å²) in [5, 5.41) is 25.1. The van der Waals surface area contributed by atoms with Crippen molar-refractivity contribution in [2.75, 3.05) is 12.3 Å². The monoisotopic (exact) mass is 455 g/mol. The number of rotatable bonds is 7. The Hall–Kier alpha value is -4.08. The third-order valence-corrected chi connectivity index (χ3v) is 5.85. The van der Waals surface area contributed by atoms with Gasteiger partial charge in [-0.2, -0.15) is 5.10 Å². The molecule has 4 heterocycles. The van der Waals surface area contributed by atoms with E-state index in [1.54, 1.807) is 17.1 Å². The van der Waals surface area contributed by atoms with E-state index in [1.165, 1.54) is 0 Å². The van der Waals surface area contributed by atoms with Crippen LogP contribution in [-0.4, -0.2) is 46.5 Å². The number of nitrogen functional groups attached to an aromatic ring is 1. The van der Waals surface area contributed by atoms with E-state index in [1.807, 2.05) is 55.7 Å². The predicted octanol–water partition coefficient (Wildman–Crippen LogP) is 3.04. The summed E-state index contributed by atoms with van der Waals surface area (Å²) in [6, 6.07) is 11.6. The van der Waals surface area contributed by atoms with Gasteiger partial charge in [-0.05, 0) is 30.2 Å². The zero-order valence-corrected chi connectivity index (χ0v) is 18.7. The number of aryl methyl sites for hydroxylation is 1. The van der Waals surface area contributed by atoms with Crippen molar-refractivity contribution in [1.29, 1.82) is 0 Å². The second-order valence-corrected chi connectivity index (χ2v) is 8.22. The van der Waals surface area contributed by atoms with Crippen molar-refractivity contribution < 1.29 is 10.2 Å². The highest BCUT2D eigenvalue weighted by molar-refractivity contribution is 5.95. The van der Waals surface area contributed by atoms with E-state index in [0.717, 1.165) is 38.9 Å². The van der Waals surface area contributed by atoms with Gasteiger partial charge in [0.25, 0.3) is 0 Å². The van der Waals surface area contributed by atoms with Gasteiger partial charge in [0.1, 0.15) is 5.65 Å².